The molecule has 0 saturated carbocycles. The minimum Gasteiger partial charge on any atom is -0.497 e. The molecule has 2 aromatic carbocycles. The minimum atomic E-state index is -0.534. The van der Waals surface area contributed by atoms with E-state index in [1.54, 1.807) is 7.11 Å². The molecule has 0 atom stereocenters. The first-order chi connectivity index (χ1) is 14.3. The van der Waals surface area contributed by atoms with E-state index in [1.807, 2.05) is 49.1 Å². The summed E-state index contributed by atoms with van der Waals surface area (Å²) in [7, 11) is 1.62. The van der Waals surface area contributed by atoms with Gasteiger partial charge in [-0.15, -0.1) is 0 Å². The number of rotatable bonds is 3. The maximum Gasteiger partial charge on any atom is 0.226 e. The van der Waals surface area contributed by atoms with E-state index in [0.717, 1.165) is 22.4 Å². The average molecular weight is 428 g/mol. The number of fused-ring (bicyclic) bond motifs is 1. The van der Waals surface area contributed by atoms with Crippen molar-refractivity contribution < 1.29 is 19.1 Å². The number of ketones is 1. The first kappa shape index (κ1) is 20.7. The number of carbonyl (C=O) groups is 2. The molecule has 0 bridgehead atoms. The Morgan fingerprint density at radius 1 is 1.20 bits per heavy atom. The first-order valence-electron chi connectivity index (χ1n) is 10.2. The molecule has 0 radical (unpaired) electrons. The van der Waals surface area contributed by atoms with Crippen LogP contribution in [-0.4, -0.2) is 42.4 Å². The highest BCUT2D eigenvalue weighted by Crippen LogP contribution is 2.43. The van der Waals surface area contributed by atoms with Crippen LogP contribution in [0.1, 0.15) is 46.3 Å². The summed E-state index contributed by atoms with van der Waals surface area (Å²) in [5.74, 6) is 1.57. The Morgan fingerprint density at radius 2 is 1.87 bits per heavy atom. The Balaban J connectivity index is 1.44. The lowest BCUT2D eigenvalue weighted by Gasteiger charge is -2.44. The number of halogens is 1. The van der Waals surface area contributed by atoms with Crippen molar-refractivity contribution >= 4 is 23.3 Å². The molecule has 1 fully saturated rings. The van der Waals surface area contributed by atoms with E-state index in [4.69, 9.17) is 21.1 Å². The van der Waals surface area contributed by atoms with Crippen LogP contribution in [0.15, 0.2) is 30.3 Å². The van der Waals surface area contributed by atoms with Gasteiger partial charge in [-0.3, -0.25) is 9.59 Å². The molecule has 2 aliphatic rings. The molecule has 0 unspecified atom stereocenters. The zero-order valence-corrected chi connectivity index (χ0v) is 18.3. The molecular formula is C24H26ClNO4. The number of likely N-dealkylation sites (tertiary alicyclic amines) is 1. The van der Waals surface area contributed by atoms with Gasteiger partial charge in [0.25, 0.3) is 0 Å². The summed E-state index contributed by atoms with van der Waals surface area (Å²) in [6, 6.07) is 9.42. The van der Waals surface area contributed by atoms with E-state index in [1.165, 1.54) is 0 Å². The van der Waals surface area contributed by atoms with Crippen molar-refractivity contribution in [1.82, 2.24) is 4.90 Å². The minimum absolute atomic E-state index is 0.0775. The molecule has 1 saturated heterocycles. The second-order valence-corrected chi connectivity index (χ2v) is 8.67. The summed E-state index contributed by atoms with van der Waals surface area (Å²) in [4.78, 5) is 27.5. The fraction of sp³-hybridized carbons (Fsp3) is 0.417. The number of piperidine rings is 1. The van der Waals surface area contributed by atoms with Crippen LogP contribution in [0.3, 0.4) is 0 Å². The largest absolute Gasteiger partial charge is 0.497 e. The highest BCUT2D eigenvalue weighted by Gasteiger charge is 2.44. The Kier molecular flexibility index (Phi) is 5.49. The first-order valence-corrected chi connectivity index (χ1v) is 10.6. The fourth-order valence-corrected chi connectivity index (χ4v) is 4.62. The van der Waals surface area contributed by atoms with E-state index in [0.29, 0.717) is 55.1 Å². The van der Waals surface area contributed by atoms with Gasteiger partial charge in [-0.05, 0) is 48.7 Å². The summed E-state index contributed by atoms with van der Waals surface area (Å²) in [6.45, 7) is 4.96. The second-order valence-electron chi connectivity index (χ2n) is 8.30. The quantitative estimate of drug-likeness (QED) is 0.721. The van der Waals surface area contributed by atoms with Crippen LogP contribution in [-0.2, 0) is 11.2 Å². The monoisotopic (exact) mass is 427 g/mol. The average Bonchev–Trinajstić information content (AvgIpc) is 2.72. The standard InChI is InChI=1S/C24H26ClNO4/c1-15-12-20-22(16(2)23(15)25)19(27)14-24(30-20)8-10-26(11-9-24)21(28)13-17-4-6-18(29-3)7-5-17/h4-7,12H,8-11,13-14H2,1-3H3. The maximum atomic E-state index is 12.9. The van der Waals surface area contributed by atoms with Crippen LogP contribution in [0.25, 0.3) is 0 Å². The predicted octanol–water partition coefficient (Wildman–Crippen LogP) is 4.53. The molecule has 2 aromatic rings. The van der Waals surface area contributed by atoms with Gasteiger partial charge in [-0.1, -0.05) is 23.7 Å². The van der Waals surface area contributed by atoms with Crippen LogP contribution >= 0.6 is 11.6 Å². The Bertz CT molecular complexity index is 991. The van der Waals surface area contributed by atoms with Crippen LogP contribution < -0.4 is 9.47 Å². The summed E-state index contributed by atoms with van der Waals surface area (Å²) in [6.07, 6.45) is 1.98. The van der Waals surface area contributed by atoms with E-state index in [9.17, 15) is 9.59 Å². The molecule has 158 valence electrons. The van der Waals surface area contributed by atoms with Gasteiger partial charge in [0, 0.05) is 31.0 Å². The van der Waals surface area contributed by atoms with E-state index >= 15 is 0 Å². The lowest BCUT2D eigenvalue weighted by atomic mass is 9.81. The SMILES string of the molecule is COc1ccc(CC(=O)N2CCC3(CC2)CC(=O)c2c(cc(C)c(Cl)c2C)O3)cc1. The molecule has 0 aliphatic carbocycles. The number of nitrogens with zero attached hydrogens (tertiary/aromatic N) is 1. The highest BCUT2D eigenvalue weighted by atomic mass is 35.5. The third kappa shape index (κ3) is 3.79. The van der Waals surface area contributed by atoms with E-state index in [2.05, 4.69) is 0 Å². The van der Waals surface area contributed by atoms with Crippen LogP contribution in [0.5, 0.6) is 11.5 Å². The lowest BCUT2D eigenvalue weighted by molar-refractivity contribution is -0.134. The van der Waals surface area contributed by atoms with Gasteiger partial charge in [0.1, 0.15) is 17.1 Å². The number of amides is 1. The third-order valence-corrected chi connectivity index (χ3v) is 6.86. The van der Waals surface area contributed by atoms with Crippen molar-refractivity contribution in [1.29, 1.82) is 0 Å². The summed E-state index contributed by atoms with van der Waals surface area (Å²) in [5, 5.41) is 0.626. The molecule has 5 nitrogen and oxygen atoms in total. The van der Waals surface area contributed by atoms with E-state index in [-0.39, 0.29) is 11.7 Å². The number of hydrogen-bond acceptors (Lipinski definition) is 4. The number of methoxy groups -OCH3 is 1. The van der Waals surface area contributed by atoms with Crippen molar-refractivity contribution in [2.45, 2.75) is 45.1 Å². The normalized spacial score (nSPS) is 17.5. The number of ether oxygens (including phenoxy) is 2. The molecule has 4 rings (SSSR count). The molecule has 6 heteroatoms. The van der Waals surface area contributed by atoms with Crippen LogP contribution in [0.4, 0.5) is 0 Å². The smallest absolute Gasteiger partial charge is 0.226 e. The summed E-state index contributed by atoms with van der Waals surface area (Å²) in [5.41, 5.74) is 2.73. The molecule has 2 heterocycles. The van der Waals surface area contributed by atoms with Crippen LogP contribution in [0, 0.1) is 13.8 Å². The van der Waals surface area contributed by atoms with Gasteiger partial charge in [-0.2, -0.15) is 0 Å². The maximum absolute atomic E-state index is 12.9. The van der Waals surface area contributed by atoms with Gasteiger partial charge in [0.2, 0.25) is 5.91 Å². The molecule has 1 spiro atoms. The number of hydrogen-bond donors (Lipinski definition) is 0. The predicted molar refractivity (Wildman–Crippen MR) is 116 cm³/mol. The molecule has 30 heavy (non-hydrogen) atoms. The van der Waals surface area contributed by atoms with Crippen LogP contribution in [0.2, 0.25) is 5.02 Å². The Morgan fingerprint density at radius 3 is 2.50 bits per heavy atom. The summed E-state index contributed by atoms with van der Waals surface area (Å²) >= 11 is 6.34. The lowest BCUT2D eigenvalue weighted by Crippen LogP contribution is -2.52. The summed E-state index contributed by atoms with van der Waals surface area (Å²) < 4.78 is 11.6. The van der Waals surface area contributed by atoms with E-state index < -0.39 is 5.60 Å². The van der Waals surface area contributed by atoms with Crippen molar-refractivity contribution in [2.75, 3.05) is 20.2 Å². The topological polar surface area (TPSA) is 55.8 Å². The zero-order chi connectivity index (χ0) is 21.5. The molecule has 2 aliphatic heterocycles. The van der Waals surface area contributed by atoms with Crippen molar-refractivity contribution in [3.63, 3.8) is 0 Å². The Labute approximate surface area is 181 Å². The third-order valence-electron chi connectivity index (χ3n) is 6.27. The van der Waals surface area contributed by atoms with Gasteiger partial charge in [0.15, 0.2) is 5.78 Å². The van der Waals surface area contributed by atoms with Crippen molar-refractivity contribution in [2.24, 2.45) is 0 Å². The number of benzene rings is 2. The molecule has 0 N–H and O–H groups in total. The second kappa shape index (κ2) is 7.95. The number of Topliss-reactive ketones (excluding diaryl/α,β-unsaturated/α-hetero) is 1. The fourth-order valence-electron chi connectivity index (χ4n) is 4.47. The van der Waals surface area contributed by atoms with Crippen molar-refractivity contribution in [3.8, 4) is 11.5 Å². The van der Waals surface area contributed by atoms with Gasteiger partial charge in [-0.25, -0.2) is 0 Å². The van der Waals surface area contributed by atoms with Gasteiger partial charge in [0.05, 0.1) is 25.5 Å². The van der Waals surface area contributed by atoms with Gasteiger partial charge < -0.3 is 14.4 Å². The number of aryl methyl sites for hydroxylation is 1. The molecular weight excluding hydrogens is 402 g/mol. The molecule has 1 amide bonds. The van der Waals surface area contributed by atoms with Crippen molar-refractivity contribution in [3.05, 3.63) is 57.6 Å². The number of carbonyl (C=O) groups excluding carboxylic acids is 2. The Hall–Kier alpha value is -2.53. The van der Waals surface area contributed by atoms with Gasteiger partial charge >= 0.3 is 0 Å². The highest BCUT2D eigenvalue weighted by molar-refractivity contribution is 6.32. The zero-order valence-electron chi connectivity index (χ0n) is 17.6. The molecule has 0 aromatic heterocycles.